The highest BCUT2D eigenvalue weighted by molar-refractivity contribution is 5.78. The zero-order chi connectivity index (χ0) is 13.5. The summed E-state index contributed by atoms with van der Waals surface area (Å²) in [4.78, 5) is 25.2. The minimum atomic E-state index is -0.0921. The molecule has 5 heteroatoms. The van der Waals surface area contributed by atoms with E-state index < -0.39 is 0 Å². The van der Waals surface area contributed by atoms with E-state index in [-0.39, 0.29) is 23.9 Å². The van der Waals surface area contributed by atoms with Crippen molar-refractivity contribution in [3.05, 3.63) is 0 Å². The first-order valence-electron chi connectivity index (χ1n) is 6.87. The van der Waals surface area contributed by atoms with E-state index in [9.17, 15) is 9.59 Å². The monoisotopic (exact) mass is 255 g/mol. The smallest absolute Gasteiger partial charge is 0.315 e. The van der Waals surface area contributed by atoms with Crippen molar-refractivity contribution in [1.82, 2.24) is 15.5 Å². The fraction of sp³-hybridized carbons (Fsp3) is 0.846. The first kappa shape index (κ1) is 14.8. The number of rotatable bonds is 4. The first-order valence-corrected chi connectivity index (χ1v) is 6.87. The number of nitrogens with zero attached hydrogens (tertiary/aromatic N) is 1. The highest BCUT2D eigenvalue weighted by Crippen LogP contribution is 2.13. The molecule has 104 valence electrons. The van der Waals surface area contributed by atoms with E-state index in [2.05, 4.69) is 10.6 Å². The Morgan fingerprint density at radius 1 is 1.28 bits per heavy atom. The third kappa shape index (κ3) is 4.55. The normalized spacial score (nSPS) is 16.8. The Morgan fingerprint density at radius 2 is 1.89 bits per heavy atom. The van der Waals surface area contributed by atoms with Gasteiger partial charge in [-0.05, 0) is 19.3 Å². The van der Waals surface area contributed by atoms with Gasteiger partial charge in [0, 0.05) is 31.6 Å². The van der Waals surface area contributed by atoms with Gasteiger partial charge in [0.05, 0.1) is 0 Å². The van der Waals surface area contributed by atoms with Crippen LogP contribution in [0, 0.1) is 5.92 Å². The SMILES string of the molecule is CCCNC(=O)NC1CCN(C(=O)C(C)C)CC1. The second kappa shape index (κ2) is 7.24. The summed E-state index contributed by atoms with van der Waals surface area (Å²) in [7, 11) is 0. The predicted octanol–water partition coefficient (Wildman–Crippen LogP) is 1.34. The summed E-state index contributed by atoms with van der Waals surface area (Å²) in [5, 5.41) is 5.76. The van der Waals surface area contributed by atoms with Crippen LogP contribution in [0.5, 0.6) is 0 Å². The topological polar surface area (TPSA) is 61.4 Å². The number of carbonyl (C=O) groups is 2. The molecule has 0 saturated carbocycles. The Kier molecular flexibility index (Phi) is 5.95. The minimum Gasteiger partial charge on any atom is -0.342 e. The van der Waals surface area contributed by atoms with Gasteiger partial charge in [-0.25, -0.2) is 4.79 Å². The van der Waals surface area contributed by atoms with Crippen LogP contribution in [-0.4, -0.2) is 42.5 Å². The van der Waals surface area contributed by atoms with Crippen molar-refractivity contribution in [2.45, 2.75) is 46.1 Å². The molecule has 0 unspecified atom stereocenters. The molecule has 1 heterocycles. The predicted molar refractivity (Wildman–Crippen MR) is 71.3 cm³/mol. The molecule has 1 fully saturated rings. The molecule has 0 bridgehead atoms. The van der Waals surface area contributed by atoms with Crippen LogP contribution in [0.3, 0.4) is 0 Å². The molecule has 3 amide bonds. The van der Waals surface area contributed by atoms with Crippen molar-refractivity contribution < 1.29 is 9.59 Å². The summed E-state index contributed by atoms with van der Waals surface area (Å²) >= 11 is 0. The lowest BCUT2D eigenvalue weighted by molar-refractivity contribution is -0.135. The summed E-state index contributed by atoms with van der Waals surface area (Å²) < 4.78 is 0. The maximum Gasteiger partial charge on any atom is 0.315 e. The molecule has 1 aliphatic heterocycles. The van der Waals surface area contributed by atoms with Crippen LogP contribution in [0.4, 0.5) is 4.79 Å². The molecule has 0 radical (unpaired) electrons. The Bertz CT molecular complexity index is 284. The first-order chi connectivity index (χ1) is 8.54. The minimum absolute atomic E-state index is 0.0577. The summed E-state index contributed by atoms with van der Waals surface area (Å²) in [6, 6.07) is 0.101. The molecule has 0 aliphatic carbocycles. The zero-order valence-corrected chi connectivity index (χ0v) is 11.7. The zero-order valence-electron chi connectivity index (χ0n) is 11.7. The van der Waals surface area contributed by atoms with Crippen molar-refractivity contribution in [2.24, 2.45) is 5.92 Å². The molecule has 2 N–H and O–H groups in total. The molecule has 0 spiro atoms. The van der Waals surface area contributed by atoms with E-state index in [0.29, 0.717) is 6.54 Å². The summed E-state index contributed by atoms with van der Waals surface area (Å²) in [6.45, 7) is 8.06. The van der Waals surface area contributed by atoms with Gasteiger partial charge < -0.3 is 15.5 Å². The van der Waals surface area contributed by atoms with Crippen molar-refractivity contribution in [1.29, 1.82) is 0 Å². The van der Waals surface area contributed by atoms with Gasteiger partial charge >= 0.3 is 6.03 Å². The Labute approximate surface area is 109 Å². The largest absolute Gasteiger partial charge is 0.342 e. The number of hydrogen-bond donors (Lipinski definition) is 2. The molecule has 0 atom stereocenters. The molecular weight excluding hydrogens is 230 g/mol. The van der Waals surface area contributed by atoms with Gasteiger partial charge in [-0.2, -0.15) is 0 Å². The van der Waals surface area contributed by atoms with Crippen LogP contribution in [0.15, 0.2) is 0 Å². The quantitative estimate of drug-likeness (QED) is 0.796. The molecule has 0 aromatic rings. The van der Waals surface area contributed by atoms with E-state index in [4.69, 9.17) is 0 Å². The molecule has 1 saturated heterocycles. The summed E-state index contributed by atoms with van der Waals surface area (Å²) in [5.41, 5.74) is 0. The average Bonchev–Trinajstić information content (AvgIpc) is 2.36. The Hall–Kier alpha value is -1.26. The van der Waals surface area contributed by atoms with Crippen LogP contribution in [0.2, 0.25) is 0 Å². The van der Waals surface area contributed by atoms with Crippen molar-refractivity contribution in [3.8, 4) is 0 Å². The molecule has 1 aliphatic rings. The van der Waals surface area contributed by atoms with E-state index in [1.807, 2.05) is 25.7 Å². The average molecular weight is 255 g/mol. The van der Waals surface area contributed by atoms with Crippen LogP contribution < -0.4 is 10.6 Å². The van der Waals surface area contributed by atoms with Crippen LogP contribution in [-0.2, 0) is 4.79 Å². The maximum atomic E-state index is 11.8. The second-order valence-corrected chi connectivity index (χ2v) is 5.15. The fourth-order valence-corrected chi connectivity index (χ4v) is 2.08. The third-order valence-electron chi connectivity index (χ3n) is 3.17. The molecule has 1 rings (SSSR count). The van der Waals surface area contributed by atoms with Crippen molar-refractivity contribution >= 4 is 11.9 Å². The lowest BCUT2D eigenvalue weighted by Crippen LogP contribution is -2.49. The summed E-state index contributed by atoms with van der Waals surface area (Å²) in [5.74, 6) is 0.270. The number of likely N-dealkylation sites (tertiary alicyclic amines) is 1. The van der Waals surface area contributed by atoms with Crippen molar-refractivity contribution in [2.75, 3.05) is 19.6 Å². The number of nitrogens with one attached hydrogen (secondary N) is 2. The van der Waals surface area contributed by atoms with E-state index in [1.54, 1.807) is 0 Å². The fourth-order valence-electron chi connectivity index (χ4n) is 2.08. The Balaban J connectivity index is 2.27. The number of amides is 3. The van der Waals surface area contributed by atoms with Gasteiger partial charge in [0.15, 0.2) is 0 Å². The number of hydrogen-bond acceptors (Lipinski definition) is 2. The van der Waals surface area contributed by atoms with E-state index >= 15 is 0 Å². The van der Waals surface area contributed by atoms with Gasteiger partial charge in [0.2, 0.25) is 5.91 Å². The van der Waals surface area contributed by atoms with Gasteiger partial charge in [-0.15, -0.1) is 0 Å². The van der Waals surface area contributed by atoms with Crippen LogP contribution in [0.1, 0.15) is 40.0 Å². The molecule has 0 aromatic carbocycles. The van der Waals surface area contributed by atoms with E-state index in [0.717, 1.165) is 32.4 Å². The van der Waals surface area contributed by atoms with Gasteiger partial charge in [0.1, 0.15) is 0 Å². The molecule has 0 aromatic heterocycles. The van der Waals surface area contributed by atoms with Gasteiger partial charge in [-0.3, -0.25) is 4.79 Å². The van der Waals surface area contributed by atoms with Crippen molar-refractivity contribution in [3.63, 3.8) is 0 Å². The molecule has 18 heavy (non-hydrogen) atoms. The third-order valence-corrected chi connectivity index (χ3v) is 3.17. The van der Waals surface area contributed by atoms with Crippen LogP contribution >= 0.6 is 0 Å². The Morgan fingerprint density at radius 3 is 2.39 bits per heavy atom. The number of urea groups is 1. The summed E-state index contributed by atoms with van der Waals surface area (Å²) in [6.07, 6.45) is 2.63. The van der Waals surface area contributed by atoms with Crippen LogP contribution in [0.25, 0.3) is 0 Å². The molecular formula is C13H25N3O2. The standard InChI is InChI=1S/C13H25N3O2/c1-4-7-14-13(18)15-11-5-8-16(9-6-11)12(17)10(2)3/h10-11H,4-9H2,1-3H3,(H2,14,15,18). The van der Waals surface area contributed by atoms with Gasteiger partial charge in [0.25, 0.3) is 0 Å². The van der Waals surface area contributed by atoms with Gasteiger partial charge in [-0.1, -0.05) is 20.8 Å². The second-order valence-electron chi connectivity index (χ2n) is 5.15. The molecule has 5 nitrogen and oxygen atoms in total. The highest BCUT2D eigenvalue weighted by atomic mass is 16.2. The van der Waals surface area contributed by atoms with E-state index in [1.165, 1.54) is 0 Å². The number of piperidine rings is 1. The highest BCUT2D eigenvalue weighted by Gasteiger charge is 2.24. The number of carbonyl (C=O) groups excluding carboxylic acids is 2. The maximum absolute atomic E-state index is 11.8. The lowest BCUT2D eigenvalue weighted by atomic mass is 10.0. The lowest BCUT2D eigenvalue weighted by Gasteiger charge is -2.33.